The normalized spacial score (nSPS) is 12.2. The van der Waals surface area contributed by atoms with E-state index < -0.39 is 0 Å². The SMILES string of the molecule is CCOCc1ccccc1CNC(=NC)NCC(C)c1ccccc1.I. The van der Waals surface area contributed by atoms with E-state index in [9.17, 15) is 0 Å². The van der Waals surface area contributed by atoms with E-state index in [0.717, 1.165) is 25.7 Å². The van der Waals surface area contributed by atoms with Gasteiger partial charge in [0.25, 0.3) is 0 Å². The van der Waals surface area contributed by atoms with E-state index in [4.69, 9.17) is 4.74 Å². The number of halogens is 1. The zero-order valence-corrected chi connectivity index (χ0v) is 18.2. The Morgan fingerprint density at radius 2 is 1.65 bits per heavy atom. The first kappa shape index (κ1) is 22.4. The highest BCUT2D eigenvalue weighted by Gasteiger charge is 2.07. The lowest BCUT2D eigenvalue weighted by Crippen LogP contribution is -2.38. The van der Waals surface area contributed by atoms with Crippen molar-refractivity contribution in [1.29, 1.82) is 0 Å². The highest BCUT2D eigenvalue weighted by atomic mass is 127. The second-order valence-electron chi connectivity index (χ2n) is 6.02. The Kier molecular flexibility index (Phi) is 11.0. The summed E-state index contributed by atoms with van der Waals surface area (Å²) in [6.07, 6.45) is 0. The van der Waals surface area contributed by atoms with Crippen molar-refractivity contribution >= 4 is 29.9 Å². The Labute approximate surface area is 174 Å². The van der Waals surface area contributed by atoms with E-state index in [2.05, 4.69) is 65.0 Å². The Morgan fingerprint density at radius 3 is 2.31 bits per heavy atom. The zero-order valence-electron chi connectivity index (χ0n) is 15.9. The third kappa shape index (κ3) is 7.33. The average Bonchev–Trinajstić information content (AvgIpc) is 2.67. The summed E-state index contributed by atoms with van der Waals surface area (Å²) < 4.78 is 5.55. The number of hydrogen-bond acceptors (Lipinski definition) is 2. The number of nitrogens with zero attached hydrogens (tertiary/aromatic N) is 1. The molecule has 2 aromatic rings. The van der Waals surface area contributed by atoms with Crippen LogP contribution in [0.1, 0.15) is 36.5 Å². The second kappa shape index (κ2) is 12.7. The molecule has 2 aromatic carbocycles. The molecule has 0 amide bonds. The van der Waals surface area contributed by atoms with Crippen LogP contribution >= 0.6 is 24.0 Å². The van der Waals surface area contributed by atoms with Crippen LogP contribution in [0.15, 0.2) is 59.6 Å². The van der Waals surface area contributed by atoms with Crippen LogP contribution < -0.4 is 10.6 Å². The molecule has 0 aliphatic carbocycles. The fourth-order valence-corrected chi connectivity index (χ4v) is 2.63. The van der Waals surface area contributed by atoms with Crippen LogP contribution in [0.4, 0.5) is 0 Å². The van der Waals surface area contributed by atoms with Crippen molar-refractivity contribution in [3.05, 3.63) is 71.3 Å². The quantitative estimate of drug-likeness (QED) is 0.346. The van der Waals surface area contributed by atoms with E-state index in [1.807, 2.05) is 19.1 Å². The number of rotatable bonds is 8. The van der Waals surface area contributed by atoms with Crippen molar-refractivity contribution in [3.63, 3.8) is 0 Å². The number of aliphatic imine (C=N–C) groups is 1. The molecule has 5 heteroatoms. The van der Waals surface area contributed by atoms with E-state index in [-0.39, 0.29) is 24.0 Å². The summed E-state index contributed by atoms with van der Waals surface area (Å²) in [4.78, 5) is 4.32. The maximum atomic E-state index is 5.55. The van der Waals surface area contributed by atoms with Gasteiger partial charge in [-0.15, -0.1) is 24.0 Å². The van der Waals surface area contributed by atoms with Gasteiger partial charge in [0.05, 0.1) is 6.61 Å². The maximum absolute atomic E-state index is 5.55. The van der Waals surface area contributed by atoms with Crippen molar-refractivity contribution < 1.29 is 4.74 Å². The highest BCUT2D eigenvalue weighted by Crippen LogP contribution is 2.13. The van der Waals surface area contributed by atoms with Crippen LogP contribution in [0.25, 0.3) is 0 Å². The van der Waals surface area contributed by atoms with Crippen LogP contribution in [0, 0.1) is 0 Å². The molecule has 0 fully saturated rings. The number of nitrogens with one attached hydrogen (secondary N) is 2. The fourth-order valence-electron chi connectivity index (χ4n) is 2.63. The molecule has 1 unspecified atom stereocenters. The first-order valence-corrected chi connectivity index (χ1v) is 8.88. The van der Waals surface area contributed by atoms with Crippen molar-refractivity contribution in [2.75, 3.05) is 20.2 Å². The molecule has 0 saturated carbocycles. The Bertz CT molecular complexity index is 661. The average molecular weight is 467 g/mol. The third-order valence-electron chi connectivity index (χ3n) is 4.19. The Morgan fingerprint density at radius 1 is 1.00 bits per heavy atom. The smallest absolute Gasteiger partial charge is 0.191 e. The van der Waals surface area contributed by atoms with Crippen LogP contribution in [0.2, 0.25) is 0 Å². The van der Waals surface area contributed by atoms with Crippen LogP contribution in [0.3, 0.4) is 0 Å². The molecule has 0 aliphatic heterocycles. The topological polar surface area (TPSA) is 45.6 Å². The van der Waals surface area contributed by atoms with Gasteiger partial charge in [-0.2, -0.15) is 0 Å². The predicted molar refractivity (Wildman–Crippen MR) is 120 cm³/mol. The molecular weight excluding hydrogens is 437 g/mol. The number of hydrogen-bond donors (Lipinski definition) is 2. The maximum Gasteiger partial charge on any atom is 0.191 e. The Hall–Kier alpha value is -1.60. The van der Waals surface area contributed by atoms with Gasteiger partial charge in [0.15, 0.2) is 5.96 Å². The molecule has 2 N–H and O–H groups in total. The summed E-state index contributed by atoms with van der Waals surface area (Å²) in [5.74, 6) is 1.24. The van der Waals surface area contributed by atoms with Gasteiger partial charge in [0.2, 0.25) is 0 Å². The van der Waals surface area contributed by atoms with Gasteiger partial charge in [-0.25, -0.2) is 0 Å². The predicted octanol–water partition coefficient (Wildman–Crippen LogP) is 4.31. The van der Waals surface area contributed by atoms with Gasteiger partial charge in [0, 0.05) is 26.7 Å². The van der Waals surface area contributed by atoms with Crippen molar-refractivity contribution in [3.8, 4) is 0 Å². The summed E-state index contributed by atoms with van der Waals surface area (Å²) >= 11 is 0. The van der Waals surface area contributed by atoms with Gasteiger partial charge >= 0.3 is 0 Å². The molecule has 0 spiro atoms. The van der Waals surface area contributed by atoms with Crippen LogP contribution in [-0.4, -0.2) is 26.2 Å². The van der Waals surface area contributed by atoms with Crippen LogP contribution in [-0.2, 0) is 17.9 Å². The molecule has 0 heterocycles. The molecule has 142 valence electrons. The minimum absolute atomic E-state index is 0. The zero-order chi connectivity index (χ0) is 17.9. The summed E-state index contributed by atoms with van der Waals surface area (Å²) in [6.45, 7) is 7.16. The lowest BCUT2D eigenvalue weighted by Gasteiger charge is -2.17. The van der Waals surface area contributed by atoms with Gasteiger partial charge in [-0.05, 0) is 29.5 Å². The standard InChI is InChI=1S/C21H29N3O.HI/c1-4-25-16-20-13-9-8-12-19(20)15-24-21(22-3)23-14-17(2)18-10-6-5-7-11-18;/h5-13,17H,4,14-16H2,1-3H3,(H2,22,23,24);1H. The highest BCUT2D eigenvalue weighted by molar-refractivity contribution is 14.0. The first-order chi connectivity index (χ1) is 12.2. The fraction of sp³-hybridized carbons (Fsp3) is 0.381. The van der Waals surface area contributed by atoms with Gasteiger partial charge < -0.3 is 15.4 Å². The molecular formula is C21H30IN3O. The van der Waals surface area contributed by atoms with Crippen molar-refractivity contribution in [2.45, 2.75) is 32.9 Å². The molecule has 4 nitrogen and oxygen atoms in total. The lowest BCUT2D eigenvalue weighted by molar-refractivity contribution is 0.133. The largest absolute Gasteiger partial charge is 0.377 e. The second-order valence-corrected chi connectivity index (χ2v) is 6.02. The minimum Gasteiger partial charge on any atom is -0.377 e. The third-order valence-corrected chi connectivity index (χ3v) is 4.19. The first-order valence-electron chi connectivity index (χ1n) is 8.88. The monoisotopic (exact) mass is 467 g/mol. The van der Waals surface area contributed by atoms with Gasteiger partial charge in [-0.3, -0.25) is 4.99 Å². The summed E-state index contributed by atoms with van der Waals surface area (Å²) in [5.41, 5.74) is 3.77. The molecule has 0 aromatic heterocycles. The van der Waals surface area contributed by atoms with E-state index in [0.29, 0.717) is 12.5 Å². The van der Waals surface area contributed by atoms with E-state index in [1.54, 1.807) is 7.05 Å². The van der Waals surface area contributed by atoms with E-state index >= 15 is 0 Å². The summed E-state index contributed by atoms with van der Waals surface area (Å²) in [7, 11) is 1.80. The molecule has 26 heavy (non-hydrogen) atoms. The van der Waals surface area contributed by atoms with Crippen LogP contribution in [0.5, 0.6) is 0 Å². The molecule has 0 saturated heterocycles. The van der Waals surface area contributed by atoms with Crippen molar-refractivity contribution in [1.82, 2.24) is 10.6 Å². The van der Waals surface area contributed by atoms with Gasteiger partial charge in [-0.1, -0.05) is 61.5 Å². The minimum atomic E-state index is 0. The van der Waals surface area contributed by atoms with E-state index in [1.165, 1.54) is 16.7 Å². The molecule has 0 radical (unpaired) electrons. The summed E-state index contributed by atoms with van der Waals surface area (Å²) in [5, 5.41) is 6.80. The number of guanidine groups is 1. The Balaban J connectivity index is 0.00000338. The lowest BCUT2D eigenvalue weighted by atomic mass is 10.0. The molecule has 1 atom stereocenters. The summed E-state index contributed by atoms with van der Waals surface area (Å²) in [6, 6.07) is 18.9. The van der Waals surface area contributed by atoms with Gasteiger partial charge in [0.1, 0.15) is 0 Å². The number of ether oxygens (including phenoxy) is 1. The molecule has 2 rings (SSSR count). The number of benzene rings is 2. The van der Waals surface area contributed by atoms with Crippen molar-refractivity contribution in [2.24, 2.45) is 4.99 Å². The molecule has 0 aliphatic rings. The molecule has 0 bridgehead atoms.